The van der Waals surface area contributed by atoms with Crippen molar-refractivity contribution < 1.29 is 41.8 Å². The summed E-state index contributed by atoms with van der Waals surface area (Å²) in [5.74, 6) is -1.68. The number of nitrogens with one attached hydrogen (secondary N) is 3. The molecule has 1 aliphatic carbocycles. The molecule has 53 heavy (non-hydrogen) atoms. The number of sulfonamides is 1. The van der Waals surface area contributed by atoms with Crippen LogP contribution in [0, 0.1) is 11.3 Å². The lowest BCUT2D eigenvalue weighted by Gasteiger charge is -2.35. The first-order chi connectivity index (χ1) is 24.7. The molecule has 2 fully saturated rings. The summed E-state index contributed by atoms with van der Waals surface area (Å²) < 4.78 is 47.1. The second kappa shape index (κ2) is 14.5. The maximum Gasteiger partial charge on any atom is 0.408 e. The van der Waals surface area contributed by atoms with Gasteiger partial charge in [0.15, 0.2) is 11.1 Å². The minimum absolute atomic E-state index is 0.00241. The van der Waals surface area contributed by atoms with Gasteiger partial charge < -0.3 is 34.3 Å². The molecule has 5 atom stereocenters. The average Bonchev–Trinajstić information content (AvgIpc) is 3.34. The number of likely N-dealkylation sites (tertiary alicyclic amines) is 1. The van der Waals surface area contributed by atoms with Crippen LogP contribution in [0.25, 0.3) is 10.8 Å². The van der Waals surface area contributed by atoms with Gasteiger partial charge in [-0.15, -0.1) is 0 Å². The fourth-order valence-corrected chi connectivity index (χ4v) is 7.50. The van der Waals surface area contributed by atoms with E-state index in [1.807, 2.05) is 13.0 Å². The number of carbonyl (C=O) groups is 4. The highest BCUT2D eigenvalue weighted by atomic mass is 32.2. The fraction of sp³-hybridized carbons (Fsp3) is 0.556. The van der Waals surface area contributed by atoms with Crippen molar-refractivity contribution in [2.75, 3.05) is 13.7 Å². The number of fused-ring (bicyclic) bond motifs is 1. The number of aromatic nitrogens is 3. The smallest absolute Gasteiger partial charge is 0.408 e. The van der Waals surface area contributed by atoms with Crippen molar-refractivity contribution in [2.24, 2.45) is 18.4 Å². The van der Waals surface area contributed by atoms with Crippen molar-refractivity contribution in [2.45, 2.75) is 102 Å². The first-order valence-corrected chi connectivity index (χ1v) is 18.9. The zero-order valence-electron chi connectivity index (χ0n) is 31.6. The third kappa shape index (κ3) is 8.66. The van der Waals surface area contributed by atoms with E-state index in [1.54, 1.807) is 80.1 Å². The van der Waals surface area contributed by atoms with E-state index in [0.29, 0.717) is 17.6 Å². The summed E-state index contributed by atoms with van der Waals surface area (Å²) >= 11 is 0. The van der Waals surface area contributed by atoms with E-state index >= 15 is 0 Å². The highest BCUT2D eigenvalue weighted by Gasteiger charge is 2.62. The van der Waals surface area contributed by atoms with Gasteiger partial charge in [0.2, 0.25) is 11.8 Å². The average molecular weight is 756 g/mol. The van der Waals surface area contributed by atoms with E-state index in [2.05, 4.69) is 25.3 Å². The molecule has 0 bridgehead atoms. The lowest BCUT2D eigenvalue weighted by molar-refractivity contribution is -0.150. The van der Waals surface area contributed by atoms with Gasteiger partial charge in [0.05, 0.1) is 20.0 Å². The summed E-state index contributed by atoms with van der Waals surface area (Å²) in [5, 5.41) is 6.66. The van der Waals surface area contributed by atoms with Gasteiger partial charge in [-0.05, 0) is 62.8 Å². The Hall–Kier alpha value is -4.93. The van der Waals surface area contributed by atoms with Gasteiger partial charge >= 0.3 is 6.09 Å². The number of imidazole rings is 1. The zero-order chi connectivity index (χ0) is 39.1. The molecule has 2 unspecified atom stereocenters. The molecule has 3 N–H and O–H groups in total. The van der Waals surface area contributed by atoms with Crippen LogP contribution >= 0.6 is 0 Å². The maximum atomic E-state index is 14.5. The molecule has 288 valence electrons. The second-order valence-electron chi connectivity index (χ2n) is 15.8. The SMILES string of the molecule is CC[C@@H]1CC1(NC(=O)[C@@H]1CC(Oc2nccc3cc(OC)ccc23)CN1C(=O)[C@@H](OC(=O)NC(C)(C)C)C(C)(C)C)C(=O)NS(=O)(=O)c1cn(C)cn1. The van der Waals surface area contributed by atoms with E-state index < -0.39 is 68.6 Å². The number of amides is 4. The van der Waals surface area contributed by atoms with Crippen LogP contribution in [0.2, 0.25) is 0 Å². The predicted octanol–water partition coefficient (Wildman–Crippen LogP) is 3.05. The van der Waals surface area contributed by atoms with E-state index in [4.69, 9.17) is 14.2 Å². The summed E-state index contributed by atoms with van der Waals surface area (Å²) in [6, 6.07) is 6.02. The van der Waals surface area contributed by atoms with Crippen LogP contribution in [0.15, 0.2) is 48.0 Å². The molecular weight excluding hydrogens is 707 g/mol. The number of methoxy groups -OCH3 is 1. The Morgan fingerprint density at radius 1 is 1.08 bits per heavy atom. The number of aryl methyl sites for hydroxylation is 1. The highest BCUT2D eigenvalue weighted by Crippen LogP contribution is 2.46. The normalized spacial score (nSPS) is 22.1. The van der Waals surface area contributed by atoms with Gasteiger partial charge in [-0.2, -0.15) is 8.42 Å². The van der Waals surface area contributed by atoms with Gasteiger partial charge in [0.1, 0.15) is 23.4 Å². The monoisotopic (exact) mass is 755 g/mol. The third-order valence-corrected chi connectivity index (χ3v) is 10.5. The van der Waals surface area contributed by atoms with E-state index in [9.17, 15) is 27.6 Å². The molecule has 1 aliphatic heterocycles. The predicted molar refractivity (Wildman–Crippen MR) is 193 cm³/mol. The molecule has 16 nitrogen and oxygen atoms in total. The number of alkyl carbamates (subject to hydrolysis) is 1. The van der Waals surface area contributed by atoms with Crippen LogP contribution in [0.5, 0.6) is 11.6 Å². The van der Waals surface area contributed by atoms with E-state index in [-0.39, 0.29) is 36.2 Å². The molecule has 1 saturated carbocycles. The molecule has 1 aromatic carbocycles. The van der Waals surface area contributed by atoms with Crippen LogP contribution in [0.3, 0.4) is 0 Å². The van der Waals surface area contributed by atoms with Crippen molar-refractivity contribution in [3.05, 3.63) is 43.0 Å². The number of ether oxygens (including phenoxy) is 3. The van der Waals surface area contributed by atoms with Crippen molar-refractivity contribution in [1.29, 1.82) is 0 Å². The highest BCUT2D eigenvalue weighted by molar-refractivity contribution is 7.90. The van der Waals surface area contributed by atoms with Gasteiger partial charge in [0, 0.05) is 42.2 Å². The minimum atomic E-state index is -4.35. The number of nitrogens with zero attached hydrogens (tertiary/aromatic N) is 4. The lowest BCUT2D eigenvalue weighted by Crippen LogP contribution is -2.58. The Morgan fingerprint density at radius 2 is 1.79 bits per heavy atom. The van der Waals surface area contributed by atoms with Crippen LogP contribution < -0.4 is 24.8 Å². The van der Waals surface area contributed by atoms with Crippen molar-refractivity contribution in [1.82, 2.24) is 34.8 Å². The molecular formula is C36H49N7O9S. The summed E-state index contributed by atoms with van der Waals surface area (Å²) in [7, 11) is -1.19. The topological polar surface area (TPSA) is 200 Å². The molecule has 4 amide bonds. The summed E-state index contributed by atoms with van der Waals surface area (Å²) in [4.78, 5) is 65.0. The van der Waals surface area contributed by atoms with E-state index in [0.717, 1.165) is 5.39 Å². The van der Waals surface area contributed by atoms with Gasteiger partial charge in [-0.3, -0.25) is 14.4 Å². The summed E-state index contributed by atoms with van der Waals surface area (Å²) in [6.45, 7) is 12.3. The Morgan fingerprint density at radius 3 is 2.38 bits per heavy atom. The molecule has 0 spiro atoms. The molecule has 1 saturated heterocycles. The maximum absolute atomic E-state index is 14.5. The molecule has 5 rings (SSSR count). The lowest BCUT2D eigenvalue weighted by atomic mass is 9.88. The zero-order valence-corrected chi connectivity index (χ0v) is 32.4. The van der Waals surface area contributed by atoms with Gasteiger partial charge in [-0.1, -0.05) is 34.1 Å². The van der Waals surface area contributed by atoms with Crippen LogP contribution in [-0.4, -0.2) is 94.6 Å². The summed E-state index contributed by atoms with van der Waals surface area (Å²) in [5.41, 5.74) is -3.09. The molecule has 3 heterocycles. The third-order valence-electron chi connectivity index (χ3n) is 9.31. The van der Waals surface area contributed by atoms with Gasteiger partial charge in [-0.25, -0.2) is 19.5 Å². The quantitative estimate of drug-likeness (QED) is 0.260. The number of hydrogen-bond donors (Lipinski definition) is 3. The van der Waals surface area contributed by atoms with Crippen LogP contribution in [-0.2, 0) is 36.2 Å². The molecule has 0 radical (unpaired) electrons. The van der Waals surface area contributed by atoms with E-state index in [1.165, 1.54) is 22.0 Å². The largest absolute Gasteiger partial charge is 0.497 e. The number of benzene rings is 1. The second-order valence-corrected chi connectivity index (χ2v) is 17.4. The number of hydrogen-bond acceptors (Lipinski definition) is 11. The number of carbonyl (C=O) groups excluding carboxylic acids is 4. The fourth-order valence-electron chi connectivity index (χ4n) is 6.48. The number of rotatable bonds is 11. The molecule has 17 heteroatoms. The van der Waals surface area contributed by atoms with Crippen molar-refractivity contribution in [3.63, 3.8) is 0 Å². The van der Waals surface area contributed by atoms with Crippen molar-refractivity contribution >= 4 is 44.6 Å². The number of pyridine rings is 1. The summed E-state index contributed by atoms with van der Waals surface area (Å²) in [6.07, 6.45) is 1.92. The first kappa shape index (κ1) is 39.3. The van der Waals surface area contributed by atoms with Crippen LogP contribution in [0.4, 0.5) is 4.79 Å². The molecule has 2 aliphatic rings. The Kier molecular flexibility index (Phi) is 10.7. The Balaban J connectivity index is 1.45. The van der Waals surface area contributed by atoms with Crippen LogP contribution in [0.1, 0.15) is 67.7 Å². The Labute approximate surface area is 309 Å². The minimum Gasteiger partial charge on any atom is -0.497 e. The molecule has 3 aromatic rings. The Bertz CT molecular complexity index is 2000. The van der Waals surface area contributed by atoms with Crippen molar-refractivity contribution in [3.8, 4) is 11.6 Å². The van der Waals surface area contributed by atoms with Gasteiger partial charge in [0.25, 0.3) is 21.8 Å². The molecule has 2 aromatic heterocycles. The first-order valence-electron chi connectivity index (χ1n) is 17.4. The standard InChI is InChI=1S/C36H49N7O9S/c1-10-22-17-36(22,32(46)41-53(48,49)27-19-42(8)20-38-27)39-29(44)26-16-24(51-30-25-12-11-23(50-9)15-21(25)13-14-37-30)18-43(26)31(45)28(34(2,3)4)52-33(47)40-35(5,6)7/h11-15,19-20,22,24,26,28H,10,16-18H2,1-9H3,(H,39,44)(H,40,47)(H,41,46)/t22-,24?,26+,28-,36?/m1/s1.